The SMILES string of the molecule is Cc1onc(-c2cccc(Br)c2)c1C(=O)Nc1cccc(C(F)(F)F)c1. The Bertz CT molecular complexity index is 967. The first-order chi connectivity index (χ1) is 12.3. The van der Waals surface area contributed by atoms with E-state index in [0.29, 0.717) is 11.3 Å². The number of benzene rings is 2. The summed E-state index contributed by atoms with van der Waals surface area (Å²) in [7, 11) is 0. The van der Waals surface area contributed by atoms with E-state index < -0.39 is 17.6 Å². The van der Waals surface area contributed by atoms with Gasteiger partial charge in [-0.1, -0.05) is 39.3 Å². The molecule has 0 bridgehead atoms. The summed E-state index contributed by atoms with van der Waals surface area (Å²) < 4.78 is 44.4. The number of rotatable bonds is 3. The Labute approximate surface area is 155 Å². The molecule has 26 heavy (non-hydrogen) atoms. The van der Waals surface area contributed by atoms with Gasteiger partial charge in [0.15, 0.2) is 0 Å². The second kappa shape index (κ2) is 6.95. The predicted octanol–water partition coefficient (Wildman–Crippen LogP) is 5.68. The van der Waals surface area contributed by atoms with E-state index >= 15 is 0 Å². The van der Waals surface area contributed by atoms with Gasteiger partial charge in [-0.3, -0.25) is 4.79 Å². The number of aryl methyl sites for hydroxylation is 1. The molecule has 0 atom stereocenters. The first kappa shape index (κ1) is 18.2. The van der Waals surface area contributed by atoms with E-state index in [9.17, 15) is 18.0 Å². The lowest BCUT2D eigenvalue weighted by atomic mass is 10.1. The maximum absolute atomic E-state index is 12.8. The van der Waals surface area contributed by atoms with E-state index in [1.54, 1.807) is 25.1 Å². The molecular weight excluding hydrogens is 413 g/mol. The molecule has 4 nitrogen and oxygen atoms in total. The van der Waals surface area contributed by atoms with E-state index in [4.69, 9.17) is 4.52 Å². The highest BCUT2D eigenvalue weighted by Gasteiger charge is 2.30. The van der Waals surface area contributed by atoms with E-state index in [2.05, 4.69) is 26.4 Å². The summed E-state index contributed by atoms with van der Waals surface area (Å²) in [5.74, 6) is -0.331. The van der Waals surface area contributed by atoms with Crippen LogP contribution in [0.1, 0.15) is 21.7 Å². The summed E-state index contributed by atoms with van der Waals surface area (Å²) in [5, 5.41) is 6.38. The number of carbonyl (C=O) groups is 1. The van der Waals surface area contributed by atoms with Crippen molar-refractivity contribution in [2.24, 2.45) is 0 Å². The number of amides is 1. The third kappa shape index (κ3) is 3.80. The molecule has 0 saturated heterocycles. The fourth-order valence-electron chi connectivity index (χ4n) is 2.44. The minimum atomic E-state index is -4.49. The van der Waals surface area contributed by atoms with E-state index in [0.717, 1.165) is 16.6 Å². The second-order valence-electron chi connectivity index (χ2n) is 5.51. The number of hydrogen-bond acceptors (Lipinski definition) is 3. The van der Waals surface area contributed by atoms with Crippen LogP contribution in [0.15, 0.2) is 57.5 Å². The quantitative estimate of drug-likeness (QED) is 0.587. The van der Waals surface area contributed by atoms with Crippen LogP contribution in [-0.4, -0.2) is 11.1 Å². The average molecular weight is 425 g/mol. The molecule has 2 aromatic carbocycles. The van der Waals surface area contributed by atoms with Gasteiger partial charge in [0.1, 0.15) is 17.0 Å². The number of aromatic nitrogens is 1. The van der Waals surface area contributed by atoms with Crippen molar-refractivity contribution in [2.45, 2.75) is 13.1 Å². The Balaban J connectivity index is 1.93. The number of anilines is 1. The predicted molar refractivity (Wildman–Crippen MR) is 93.8 cm³/mol. The highest BCUT2D eigenvalue weighted by molar-refractivity contribution is 9.10. The van der Waals surface area contributed by atoms with E-state index in [1.165, 1.54) is 12.1 Å². The van der Waals surface area contributed by atoms with Crippen LogP contribution >= 0.6 is 15.9 Å². The summed E-state index contributed by atoms with van der Waals surface area (Å²) >= 11 is 3.34. The molecule has 1 heterocycles. The zero-order valence-corrected chi connectivity index (χ0v) is 15.0. The Morgan fingerprint density at radius 3 is 2.58 bits per heavy atom. The van der Waals surface area contributed by atoms with Gasteiger partial charge >= 0.3 is 6.18 Å². The van der Waals surface area contributed by atoms with Crippen LogP contribution in [0, 0.1) is 6.92 Å². The van der Waals surface area contributed by atoms with Crippen LogP contribution in [-0.2, 0) is 6.18 Å². The smallest absolute Gasteiger partial charge is 0.360 e. The van der Waals surface area contributed by atoms with Crippen molar-refractivity contribution in [1.29, 1.82) is 0 Å². The Hall–Kier alpha value is -2.61. The third-order valence-corrected chi connectivity index (χ3v) is 4.13. The number of halogens is 4. The lowest BCUT2D eigenvalue weighted by molar-refractivity contribution is -0.137. The first-order valence-electron chi connectivity index (χ1n) is 7.46. The zero-order chi connectivity index (χ0) is 18.9. The molecule has 134 valence electrons. The molecular formula is C18H12BrF3N2O2. The van der Waals surface area contributed by atoms with Crippen LogP contribution in [0.5, 0.6) is 0 Å². The Kier molecular flexibility index (Phi) is 4.86. The molecule has 0 saturated carbocycles. The van der Waals surface area contributed by atoms with Crippen LogP contribution in [0.3, 0.4) is 0 Å². The lowest BCUT2D eigenvalue weighted by Crippen LogP contribution is -2.14. The van der Waals surface area contributed by atoms with Crippen molar-refractivity contribution in [3.05, 3.63) is 69.9 Å². The molecule has 1 amide bonds. The van der Waals surface area contributed by atoms with E-state index in [-0.39, 0.29) is 17.0 Å². The summed E-state index contributed by atoms with van der Waals surface area (Å²) in [5.41, 5.74) is 0.314. The van der Waals surface area contributed by atoms with Gasteiger partial charge in [-0.15, -0.1) is 0 Å². The van der Waals surface area contributed by atoms with Gasteiger partial charge in [0.05, 0.1) is 5.56 Å². The molecule has 1 aromatic heterocycles. The molecule has 0 aliphatic heterocycles. The van der Waals surface area contributed by atoms with Crippen molar-refractivity contribution < 1.29 is 22.5 Å². The molecule has 0 aliphatic carbocycles. The summed E-state index contributed by atoms with van der Waals surface area (Å²) in [4.78, 5) is 12.6. The monoisotopic (exact) mass is 424 g/mol. The summed E-state index contributed by atoms with van der Waals surface area (Å²) in [6, 6.07) is 11.5. The fraction of sp³-hybridized carbons (Fsp3) is 0.111. The van der Waals surface area contributed by atoms with Crippen molar-refractivity contribution in [2.75, 3.05) is 5.32 Å². The molecule has 0 aliphatic rings. The molecule has 1 N–H and O–H groups in total. The molecule has 0 unspecified atom stereocenters. The molecule has 0 fully saturated rings. The molecule has 3 aromatic rings. The van der Waals surface area contributed by atoms with Crippen LogP contribution < -0.4 is 5.32 Å². The first-order valence-corrected chi connectivity index (χ1v) is 8.26. The largest absolute Gasteiger partial charge is 0.416 e. The van der Waals surface area contributed by atoms with Crippen LogP contribution in [0.25, 0.3) is 11.3 Å². The van der Waals surface area contributed by atoms with Crippen molar-refractivity contribution in [3.63, 3.8) is 0 Å². The van der Waals surface area contributed by atoms with Gasteiger partial charge in [0, 0.05) is 15.7 Å². The van der Waals surface area contributed by atoms with Gasteiger partial charge < -0.3 is 9.84 Å². The van der Waals surface area contributed by atoms with Crippen LogP contribution in [0.2, 0.25) is 0 Å². The third-order valence-electron chi connectivity index (χ3n) is 3.64. The number of nitrogens with one attached hydrogen (secondary N) is 1. The zero-order valence-electron chi connectivity index (χ0n) is 13.4. The topological polar surface area (TPSA) is 55.1 Å². The molecule has 8 heteroatoms. The maximum atomic E-state index is 12.8. The normalized spacial score (nSPS) is 11.4. The standard InChI is InChI=1S/C18H12BrF3N2O2/c1-10-15(16(24-26-10)11-4-2-6-13(19)8-11)17(25)23-14-7-3-5-12(9-14)18(20,21)22/h2-9H,1H3,(H,23,25). The Morgan fingerprint density at radius 2 is 1.88 bits per heavy atom. The number of carbonyl (C=O) groups excluding carboxylic acids is 1. The van der Waals surface area contributed by atoms with Gasteiger partial charge in [0.25, 0.3) is 5.91 Å². The highest BCUT2D eigenvalue weighted by Crippen LogP contribution is 2.32. The highest BCUT2D eigenvalue weighted by atomic mass is 79.9. The van der Waals surface area contributed by atoms with Gasteiger partial charge in [0.2, 0.25) is 0 Å². The van der Waals surface area contributed by atoms with Crippen molar-refractivity contribution in [3.8, 4) is 11.3 Å². The van der Waals surface area contributed by atoms with Gasteiger partial charge in [-0.2, -0.15) is 13.2 Å². The van der Waals surface area contributed by atoms with E-state index in [1.807, 2.05) is 6.07 Å². The summed E-state index contributed by atoms with van der Waals surface area (Å²) in [6.07, 6.45) is -4.49. The van der Waals surface area contributed by atoms with Crippen LogP contribution in [0.4, 0.5) is 18.9 Å². The Morgan fingerprint density at radius 1 is 1.15 bits per heavy atom. The number of nitrogens with zero attached hydrogens (tertiary/aromatic N) is 1. The van der Waals surface area contributed by atoms with Gasteiger partial charge in [-0.05, 0) is 37.3 Å². The molecule has 0 spiro atoms. The van der Waals surface area contributed by atoms with Crippen molar-refractivity contribution >= 4 is 27.5 Å². The minimum absolute atomic E-state index is 0.0330. The maximum Gasteiger partial charge on any atom is 0.416 e. The molecule has 3 rings (SSSR count). The second-order valence-corrected chi connectivity index (χ2v) is 6.42. The molecule has 0 radical (unpaired) electrons. The van der Waals surface area contributed by atoms with Crippen molar-refractivity contribution in [1.82, 2.24) is 5.16 Å². The minimum Gasteiger partial charge on any atom is -0.360 e. The van der Waals surface area contributed by atoms with Gasteiger partial charge in [-0.25, -0.2) is 0 Å². The lowest BCUT2D eigenvalue weighted by Gasteiger charge is -2.10. The number of alkyl halides is 3. The fourth-order valence-corrected chi connectivity index (χ4v) is 2.84. The number of hydrogen-bond donors (Lipinski definition) is 1. The summed E-state index contributed by atoms with van der Waals surface area (Å²) in [6.45, 7) is 1.57. The average Bonchev–Trinajstić information content (AvgIpc) is 2.96.